The van der Waals surface area contributed by atoms with E-state index in [1.807, 2.05) is 0 Å². The van der Waals surface area contributed by atoms with Gasteiger partial charge >= 0.3 is 0 Å². The third-order valence-electron chi connectivity index (χ3n) is 2.79. The third-order valence-corrected chi connectivity index (χ3v) is 4.48. The normalized spacial score (nSPS) is 11.3. The molecule has 0 amide bonds. The number of ether oxygens (including phenoxy) is 1. The molecule has 2 N–H and O–H groups in total. The fraction of sp³-hybridized carbons (Fsp3) is 0.154. The summed E-state index contributed by atoms with van der Waals surface area (Å²) in [6, 6.07) is 3.11. The lowest BCUT2D eigenvalue weighted by atomic mass is 10.3. The van der Waals surface area contributed by atoms with Crippen molar-refractivity contribution in [2.45, 2.75) is 11.4 Å². The number of benzene rings is 1. The summed E-state index contributed by atoms with van der Waals surface area (Å²) < 4.78 is 44.3. The Morgan fingerprint density at radius 3 is 2.70 bits per heavy atom. The van der Waals surface area contributed by atoms with Gasteiger partial charge in [0, 0.05) is 0 Å². The first-order valence-electron chi connectivity index (χ1n) is 6.22. The molecule has 0 saturated heterocycles. The Bertz CT molecular complexity index is 828. The summed E-state index contributed by atoms with van der Waals surface area (Å²) in [6.45, 7) is -0.120. The standard InChI is InChI=1S/C13H12ClFN4O3S/c1-22-13(16)12-7-17-8(5-18-12)6-19-23(20,21)9-2-3-11(15)10(14)4-9/h2-5,7,16,19H,6H2,1H3. The van der Waals surface area contributed by atoms with Crippen LogP contribution in [-0.2, 0) is 21.3 Å². The summed E-state index contributed by atoms with van der Waals surface area (Å²) >= 11 is 5.58. The zero-order valence-electron chi connectivity index (χ0n) is 11.9. The van der Waals surface area contributed by atoms with Crippen molar-refractivity contribution < 1.29 is 17.5 Å². The Kier molecular flexibility index (Phi) is 5.24. The number of nitrogens with one attached hydrogen (secondary N) is 2. The average molecular weight is 359 g/mol. The summed E-state index contributed by atoms with van der Waals surface area (Å²) in [7, 11) is -2.53. The fourth-order valence-electron chi connectivity index (χ4n) is 1.56. The third kappa shape index (κ3) is 4.21. The van der Waals surface area contributed by atoms with Gasteiger partial charge in [0.1, 0.15) is 11.5 Å². The van der Waals surface area contributed by atoms with Crippen molar-refractivity contribution in [3.63, 3.8) is 0 Å². The highest BCUT2D eigenvalue weighted by atomic mass is 35.5. The summed E-state index contributed by atoms with van der Waals surface area (Å²) in [4.78, 5) is 7.75. The summed E-state index contributed by atoms with van der Waals surface area (Å²) in [5.74, 6) is -0.849. The molecule has 0 aliphatic heterocycles. The molecule has 0 aliphatic carbocycles. The molecule has 0 aliphatic rings. The summed E-state index contributed by atoms with van der Waals surface area (Å²) in [6.07, 6.45) is 2.62. The predicted octanol–water partition coefficient (Wildman–Crippen LogP) is 1.72. The van der Waals surface area contributed by atoms with Crippen LogP contribution in [0.15, 0.2) is 35.5 Å². The van der Waals surface area contributed by atoms with Crippen LogP contribution in [0.4, 0.5) is 4.39 Å². The Labute approximate surface area is 137 Å². The van der Waals surface area contributed by atoms with Crippen LogP contribution in [0.2, 0.25) is 5.02 Å². The second-order valence-corrected chi connectivity index (χ2v) is 6.50. The lowest BCUT2D eigenvalue weighted by Crippen LogP contribution is -2.24. The van der Waals surface area contributed by atoms with E-state index in [0.29, 0.717) is 5.69 Å². The first kappa shape index (κ1) is 17.3. The van der Waals surface area contributed by atoms with Gasteiger partial charge in [0.05, 0.1) is 41.7 Å². The number of rotatable bonds is 5. The van der Waals surface area contributed by atoms with E-state index < -0.39 is 15.8 Å². The number of halogens is 2. The average Bonchev–Trinajstić information content (AvgIpc) is 2.55. The maximum Gasteiger partial charge on any atom is 0.240 e. The highest BCUT2D eigenvalue weighted by Crippen LogP contribution is 2.19. The minimum atomic E-state index is -3.86. The molecule has 1 heterocycles. The maximum absolute atomic E-state index is 13.1. The van der Waals surface area contributed by atoms with Crippen molar-refractivity contribution in [1.29, 1.82) is 5.41 Å². The van der Waals surface area contributed by atoms with E-state index in [2.05, 4.69) is 14.7 Å². The zero-order valence-corrected chi connectivity index (χ0v) is 13.4. The number of hydrogen-bond acceptors (Lipinski definition) is 6. The van der Waals surface area contributed by atoms with Gasteiger partial charge in [0.25, 0.3) is 0 Å². The molecule has 0 atom stereocenters. The monoisotopic (exact) mass is 358 g/mol. The van der Waals surface area contributed by atoms with Gasteiger partial charge in [-0.2, -0.15) is 0 Å². The Hall–Kier alpha value is -2.10. The molecule has 122 valence electrons. The highest BCUT2D eigenvalue weighted by molar-refractivity contribution is 7.89. The molecule has 23 heavy (non-hydrogen) atoms. The molecule has 1 aromatic heterocycles. The second kappa shape index (κ2) is 6.99. The van der Waals surface area contributed by atoms with Crippen LogP contribution in [0.5, 0.6) is 0 Å². The molecular weight excluding hydrogens is 347 g/mol. The molecule has 0 unspecified atom stereocenters. The van der Waals surface area contributed by atoms with Crippen molar-refractivity contribution in [1.82, 2.24) is 14.7 Å². The highest BCUT2D eigenvalue weighted by Gasteiger charge is 2.16. The molecule has 2 rings (SSSR count). The predicted molar refractivity (Wildman–Crippen MR) is 81.3 cm³/mol. The SMILES string of the molecule is COC(=N)c1cnc(CNS(=O)(=O)c2ccc(F)c(Cl)c2)cn1. The van der Waals surface area contributed by atoms with E-state index in [9.17, 15) is 12.8 Å². The Morgan fingerprint density at radius 2 is 2.13 bits per heavy atom. The van der Waals surface area contributed by atoms with Gasteiger partial charge in [-0.3, -0.25) is 10.4 Å². The van der Waals surface area contributed by atoms with Crippen LogP contribution in [0.1, 0.15) is 11.4 Å². The van der Waals surface area contributed by atoms with Crippen molar-refractivity contribution in [2.24, 2.45) is 0 Å². The van der Waals surface area contributed by atoms with Crippen LogP contribution in [0.3, 0.4) is 0 Å². The van der Waals surface area contributed by atoms with Crippen molar-refractivity contribution >= 4 is 27.5 Å². The van der Waals surface area contributed by atoms with E-state index >= 15 is 0 Å². The Balaban J connectivity index is 2.09. The molecule has 0 spiro atoms. The van der Waals surface area contributed by atoms with Gasteiger partial charge in [-0.05, 0) is 18.2 Å². The topological polar surface area (TPSA) is 105 Å². The second-order valence-electron chi connectivity index (χ2n) is 4.33. The van der Waals surface area contributed by atoms with Crippen LogP contribution in [-0.4, -0.2) is 31.4 Å². The molecule has 1 aromatic carbocycles. The first-order valence-corrected chi connectivity index (χ1v) is 8.08. The van der Waals surface area contributed by atoms with Crippen LogP contribution >= 0.6 is 11.6 Å². The first-order chi connectivity index (χ1) is 10.8. The van der Waals surface area contributed by atoms with E-state index in [4.69, 9.17) is 21.7 Å². The van der Waals surface area contributed by atoms with Crippen LogP contribution < -0.4 is 4.72 Å². The Morgan fingerprint density at radius 1 is 1.39 bits per heavy atom. The lowest BCUT2D eigenvalue weighted by Gasteiger charge is -2.07. The molecule has 0 bridgehead atoms. The van der Waals surface area contributed by atoms with Crippen LogP contribution in [0, 0.1) is 11.2 Å². The van der Waals surface area contributed by atoms with Gasteiger partial charge in [-0.25, -0.2) is 22.5 Å². The van der Waals surface area contributed by atoms with Gasteiger partial charge in [-0.1, -0.05) is 11.6 Å². The number of nitrogens with zero attached hydrogens (tertiary/aromatic N) is 2. The number of hydrogen-bond donors (Lipinski definition) is 2. The summed E-state index contributed by atoms with van der Waals surface area (Å²) in [5, 5.41) is 7.14. The number of methoxy groups -OCH3 is 1. The van der Waals surface area contributed by atoms with Crippen molar-refractivity contribution in [3.05, 3.63) is 52.8 Å². The quantitative estimate of drug-likeness (QED) is 0.625. The lowest BCUT2D eigenvalue weighted by molar-refractivity contribution is 0.399. The van der Waals surface area contributed by atoms with Gasteiger partial charge in [-0.15, -0.1) is 0 Å². The fourth-order valence-corrected chi connectivity index (χ4v) is 2.83. The molecule has 2 aromatic rings. The molecule has 7 nitrogen and oxygen atoms in total. The van der Waals surface area contributed by atoms with Gasteiger partial charge in [0.15, 0.2) is 0 Å². The van der Waals surface area contributed by atoms with E-state index in [1.165, 1.54) is 19.5 Å². The number of sulfonamides is 1. The van der Waals surface area contributed by atoms with Crippen molar-refractivity contribution in [3.8, 4) is 0 Å². The van der Waals surface area contributed by atoms with Gasteiger partial charge < -0.3 is 4.74 Å². The van der Waals surface area contributed by atoms with Crippen molar-refractivity contribution in [2.75, 3.05) is 7.11 Å². The van der Waals surface area contributed by atoms with E-state index in [0.717, 1.165) is 18.2 Å². The van der Waals surface area contributed by atoms with Crippen LogP contribution in [0.25, 0.3) is 0 Å². The van der Waals surface area contributed by atoms with Gasteiger partial charge in [0.2, 0.25) is 15.9 Å². The molecular formula is C13H12ClFN4O3S. The molecule has 0 fully saturated rings. The number of aromatic nitrogens is 2. The zero-order chi connectivity index (χ0) is 17.0. The minimum absolute atomic E-state index is 0.120. The maximum atomic E-state index is 13.1. The molecule has 10 heteroatoms. The van der Waals surface area contributed by atoms with E-state index in [-0.39, 0.29) is 28.1 Å². The smallest absolute Gasteiger partial charge is 0.240 e. The largest absolute Gasteiger partial charge is 0.480 e. The minimum Gasteiger partial charge on any atom is -0.480 e. The summed E-state index contributed by atoms with van der Waals surface area (Å²) in [5.41, 5.74) is 0.568. The molecule has 0 radical (unpaired) electrons. The van der Waals surface area contributed by atoms with E-state index in [1.54, 1.807) is 0 Å². The molecule has 0 saturated carbocycles.